The normalized spacial score (nSPS) is 29.2. The van der Waals surface area contributed by atoms with Crippen LogP contribution in [0, 0.1) is 0 Å². The highest BCUT2D eigenvalue weighted by Gasteiger charge is 2.42. The molecule has 0 bridgehead atoms. The van der Waals surface area contributed by atoms with Gasteiger partial charge in [0.1, 0.15) is 5.71 Å². The molecule has 0 amide bonds. The Hall–Kier alpha value is -0.900. The van der Waals surface area contributed by atoms with Gasteiger partial charge in [0.2, 0.25) is 0 Å². The van der Waals surface area contributed by atoms with Gasteiger partial charge in [0.25, 0.3) is 0 Å². The van der Waals surface area contributed by atoms with Crippen molar-refractivity contribution in [3.05, 3.63) is 0 Å². The van der Waals surface area contributed by atoms with Gasteiger partial charge in [-0.3, -0.25) is 10.1 Å². The topological polar surface area (TPSA) is 61.7 Å². The maximum Gasteiger partial charge on any atom is 0.199 e. The Morgan fingerprint density at radius 2 is 1.92 bits per heavy atom. The third-order valence-electron chi connectivity index (χ3n) is 2.21. The molecule has 1 heterocycles. The summed E-state index contributed by atoms with van der Waals surface area (Å²) in [6.45, 7) is 7.54. The molecule has 1 fully saturated rings. The summed E-state index contributed by atoms with van der Waals surface area (Å²) in [7, 11) is 0. The first-order valence-electron chi connectivity index (χ1n) is 4.33. The lowest BCUT2D eigenvalue weighted by atomic mass is 9.80. The number of rotatable bonds is 0. The first kappa shape index (κ1) is 10.2. The molecule has 13 heavy (non-hydrogen) atoms. The van der Waals surface area contributed by atoms with E-state index < -0.39 is 5.54 Å². The summed E-state index contributed by atoms with van der Waals surface area (Å²) >= 11 is 0. The van der Waals surface area contributed by atoms with Crippen molar-refractivity contribution in [2.75, 3.05) is 0 Å². The number of carbonyl (C=O) groups excluding carboxylic acids is 1. The third-order valence-corrected chi connectivity index (χ3v) is 2.21. The number of oxime groups is 1. The van der Waals surface area contributed by atoms with Gasteiger partial charge in [0.15, 0.2) is 5.78 Å². The standard InChI is InChI=1S/C9H16N2O2/c1-8(2)5-6(10-13)7(12)9(3,4)11-8/h11,13H,5H2,1-4H3/b10-6-. The van der Waals surface area contributed by atoms with E-state index in [1.807, 2.05) is 13.8 Å². The molecule has 0 radical (unpaired) electrons. The second-order valence-electron chi connectivity index (χ2n) is 4.69. The molecule has 1 aliphatic heterocycles. The largest absolute Gasteiger partial charge is 0.411 e. The summed E-state index contributed by atoms with van der Waals surface area (Å²) in [6, 6.07) is 0. The fraction of sp³-hybridized carbons (Fsp3) is 0.778. The van der Waals surface area contributed by atoms with Gasteiger partial charge >= 0.3 is 0 Å². The van der Waals surface area contributed by atoms with E-state index in [0.29, 0.717) is 6.42 Å². The number of carbonyl (C=O) groups is 1. The molecular weight excluding hydrogens is 168 g/mol. The fourth-order valence-corrected chi connectivity index (χ4v) is 1.89. The van der Waals surface area contributed by atoms with Crippen molar-refractivity contribution < 1.29 is 10.0 Å². The predicted octanol–water partition coefficient (Wildman–Crippen LogP) is 0.936. The number of ketones is 1. The monoisotopic (exact) mass is 184 g/mol. The van der Waals surface area contributed by atoms with E-state index in [9.17, 15) is 4.79 Å². The minimum Gasteiger partial charge on any atom is -0.411 e. The molecule has 0 unspecified atom stereocenters. The summed E-state index contributed by atoms with van der Waals surface area (Å²) < 4.78 is 0. The van der Waals surface area contributed by atoms with Gasteiger partial charge in [-0.2, -0.15) is 0 Å². The summed E-state index contributed by atoms with van der Waals surface area (Å²) in [5, 5.41) is 14.9. The molecule has 0 atom stereocenters. The fourth-order valence-electron chi connectivity index (χ4n) is 1.89. The van der Waals surface area contributed by atoms with Crippen LogP contribution in [0.1, 0.15) is 34.1 Å². The molecule has 0 saturated carbocycles. The SMILES string of the molecule is CC1(C)C/C(=N/O)C(=O)C(C)(C)N1. The van der Waals surface area contributed by atoms with Crippen LogP contribution in [0.2, 0.25) is 0 Å². The summed E-state index contributed by atoms with van der Waals surface area (Å²) in [6.07, 6.45) is 0.464. The maximum atomic E-state index is 11.6. The van der Waals surface area contributed by atoms with Crippen LogP contribution in [0.4, 0.5) is 0 Å². The minimum atomic E-state index is -0.636. The number of nitrogens with zero attached hydrogens (tertiary/aromatic N) is 1. The van der Waals surface area contributed by atoms with Gasteiger partial charge in [-0.15, -0.1) is 0 Å². The van der Waals surface area contributed by atoms with Crippen LogP contribution in [0.25, 0.3) is 0 Å². The minimum absolute atomic E-state index is 0.130. The van der Waals surface area contributed by atoms with E-state index in [4.69, 9.17) is 5.21 Å². The number of nitrogens with one attached hydrogen (secondary N) is 1. The molecule has 0 aromatic heterocycles. The van der Waals surface area contributed by atoms with E-state index in [-0.39, 0.29) is 17.0 Å². The smallest absolute Gasteiger partial charge is 0.199 e. The number of piperidine rings is 1. The van der Waals surface area contributed by atoms with Crippen LogP contribution in [-0.4, -0.2) is 27.8 Å². The van der Waals surface area contributed by atoms with Gasteiger partial charge in [-0.1, -0.05) is 5.16 Å². The van der Waals surface area contributed by atoms with Crippen LogP contribution < -0.4 is 5.32 Å². The van der Waals surface area contributed by atoms with Crippen molar-refractivity contribution in [2.24, 2.45) is 5.16 Å². The molecule has 0 spiro atoms. The molecule has 1 aliphatic rings. The van der Waals surface area contributed by atoms with Crippen molar-refractivity contribution in [2.45, 2.75) is 45.2 Å². The molecule has 1 rings (SSSR count). The second-order valence-corrected chi connectivity index (χ2v) is 4.69. The molecular formula is C9H16N2O2. The van der Waals surface area contributed by atoms with Crippen molar-refractivity contribution in [1.29, 1.82) is 0 Å². The lowest BCUT2D eigenvalue weighted by Gasteiger charge is -2.41. The number of hydrogen-bond acceptors (Lipinski definition) is 4. The van der Waals surface area contributed by atoms with Crippen LogP contribution in [0.15, 0.2) is 5.16 Å². The summed E-state index contributed by atoms with van der Waals surface area (Å²) in [5.74, 6) is -0.130. The third kappa shape index (κ3) is 1.88. The van der Waals surface area contributed by atoms with Crippen LogP contribution in [-0.2, 0) is 4.79 Å². The van der Waals surface area contributed by atoms with Gasteiger partial charge in [0, 0.05) is 12.0 Å². The zero-order valence-corrected chi connectivity index (χ0v) is 8.51. The zero-order chi connectivity index (χ0) is 10.3. The van der Waals surface area contributed by atoms with E-state index in [1.165, 1.54) is 0 Å². The maximum absolute atomic E-state index is 11.6. The van der Waals surface area contributed by atoms with E-state index in [2.05, 4.69) is 10.5 Å². The van der Waals surface area contributed by atoms with Crippen molar-refractivity contribution in [3.63, 3.8) is 0 Å². The Morgan fingerprint density at radius 3 is 2.38 bits per heavy atom. The Labute approximate surface area is 78.0 Å². The van der Waals surface area contributed by atoms with Crippen molar-refractivity contribution >= 4 is 11.5 Å². The summed E-state index contributed by atoms with van der Waals surface area (Å²) in [5.41, 5.74) is -0.573. The van der Waals surface area contributed by atoms with Gasteiger partial charge < -0.3 is 5.21 Å². The molecule has 4 nitrogen and oxygen atoms in total. The van der Waals surface area contributed by atoms with Crippen molar-refractivity contribution in [1.82, 2.24) is 5.32 Å². The first-order chi connectivity index (χ1) is 5.78. The lowest BCUT2D eigenvalue weighted by molar-refractivity contribution is -0.119. The summed E-state index contributed by atoms with van der Waals surface area (Å²) in [4.78, 5) is 11.6. The first-order valence-corrected chi connectivity index (χ1v) is 4.33. The molecule has 74 valence electrons. The highest BCUT2D eigenvalue weighted by molar-refractivity contribution is 6.43. The highest BCUT2D eigenvalue weighted by atomic mass is 16.4. The van der Waals surface area contributed by atoms with Crippen LogP contribution in [0.3, 0.4) is 0 Å². The molecule has 0 aliphatic carbocycles. The Bertz CT molecular complexity index is 267. The Kier molecular flexibility index (Phi) is 2.20. The van der Waals surface area contributed by atoms with E-state index >= 15 is 0 Å². The Morgan fingerprint density at radius 1 is 1.38 bits per heavy atom. The van der Waals surface area contributed by atoms with E-state index in [0.717, 1.165) is 0 Å². The highest BCUT2D eigenvalue weighted by Crippen LogP contribution is 2.23. The molecule has 0 aromatic carbocycles. The quantitative estimate of drug-likeness (QED) is 0.435. The number of Topliss-reactive ketones (excluding diaryl/α,β-unsaturated/α-hetero) is 1. The van der Waals surface area contributed by atoms with Gasteiger partial charge in [-0.25, -0.2) is 0 Å². The molecule has 4 heteroatoms. The number of hydrogen-bond donors (Lipinski definition) is 2. The zero-order valence-electron chi connectivity index (χ0n) is 8.51. The average Bonchev–Trinajstić information content (AvgIpc) is 1.95. The van der Waals surface area contributed by atoms with Gasteiger partial charge in [-0.05, 0) is 27.7 Å². The second kappa shape index (κ2) is 2.80. The van der Waals surface area contributed by atoms with Crippen LogP contribution >= 0.6 is 0 Å². The molecule has 2 N–H and O–H groups in total. The molecule has 0 aromatic rings. The van der Waals surface area contributed by atoms with Gasteiger partial charge in [0.05, 0.1) is 5.54 Å². The predicted molar refractivity (Wildman–Crippen MR) is 50.1 cm³/mol. The van der Waals surface area contributed by atoms with Crippen LogP contribution in [0.5, 0.6) is 0 Å². The lowest BCUT2D eigenvalue weighted by Crippen LogP contribution is -2.63. The van der Waals surface area contributed by atoms with Crippen molar-refractivity contribution in [3.8, 4) is 0 Å². The molecule has 1 saturated heterocycles. The average molecular weight is 184 g/mol. The van der Waals surface area contributed by atoms with E-state index in [1.54, 1.807) is 13.8 Å². The Balaban J connectivity index is 3.02.